The van der Waals surface area contributed by atoms with Crippen LogP contribution in [-0.4, -0.2) is 12.6 Å². The smallest absolute Gasteiger partial charge is 0.324 e. The number of azo groups is 1. The van der Waals surface area contributed by atoms with Crippen molar-refractivity contribution >= 4 is 11.7 Å². The molecule has 1 rings (SSSR count). The van der Waals surface area contributed by atoms with Crippen molar-refractivity contribution in [3.05, 3.63) is 30.3 Å². The molecule has 4 heteroatoms. The van der Waals surface area contributed by atoms with E-state index in [0.717, 1.165) is 0 Å². The number of hydrogen-bond acceptors (Lipinski definition) is 2. The molecule has 0 spiro atoms. The second kappa shape index (κ2) is 5.49. The van der Waals surface area contributed by atoms with Gasteiger partial charge in [-0.25, -0.2) is 4.79 Å². The number of terminal acetylenes is 1. The zero-order chi connectivity index (χ0) is 10.2. The molecule has 70 valence electrons. The monoisotopic (exact) mass is 187 g/mol. The number of carbonyl (C=O) groups excluding carboxylic acids is 1. The van der Waals surface area contributed by atoms with Gasteiger partial charge in [0.15, 0.2) is 0 Å². The molecule has 0 saturated carbocycles. The average Bonchev–Trinajstić information content (AvgIpc) is 2.25. The van der Waals surface area contributed by atoms with Crippen LogP contribution in [0.5, 0.6) is 0 Å². The second-order valence-corrected chi connectivity index (χ2v) is 2.40. The van der Waals surface area contributed by atoms with E-state index in [1.54, 1.807) is 12.1 Å². The summed E-state index contributed by atoms with van der Waals surface area (Å²) in [7, 11) is 0. The first-order valence-corrected chi connectivity index (χ1v) is 4.01. The summed E-state index contributed by atoms with van der Waals surface area (Å²) < 4.78 is 0. The Labute approximate surface area is 82.0 Å². The second-order valence-electron chi connectivity index (χ2n) is 2.40. The van der Waals surface area contributed by atoms with Crippen molar-refractivity contribution in [3.63, 3.8) is 0 Å². The molecular formula is C10H9N3O. The van der Waals surface area contributed by atoms with E-state index in [1.807, 2.05) is 18.2 Å². The summed E-state index contributed by atoms with van der Waals surface area (Å²) in [6.07, 6.45) is 4.95. The van der Waals surface area contributed by atoms with E-state index < -0.39 is 6.03 Å². The minimum absolute atomic E-state index is 0.159. The molecule has 4 nitrogen and oxygen atoms in total. The third kappa shape index (κ3) is 3.50. The SMILES string of the molecule is C#CCNC(=O)N=Nc1ccccc1. The predicted octanol–water partition coefficient (Wildman–Crippen LogP) is 2.11. The predicted molar refractivity (Wildman–Crippen MR) is 53.2 cm³/mol. The molecule has 0 atom stereocenters. The molecule has 0 aromatic heterocycles. The van der Waals surface area contributed by atoms with E-state index in [0.29, 0.717) is 5.69 Å². The van der Waals surface area contributed by atoms with E-state index >= 15 is 0 Å². The molecule has 2 amide bonds. The molecule has 1 N–H and O–H groups in total. The number of amides is 2. The molecule has 0 fully saturated rings. The maximum absolute atomic E-state index is 10.9. The summed E-state index contributed by atoms with van der Waals surface area (Å²) in [6.45, 7) is 0.159. The van der Waals surface area contributed by atoms with Crippen LogP contribution in [0.3, 0.4) is 0 Å². The van der Waals surface area contributed by atoms with Crippen molar-refractivity contribution < 1.29 is 4.79 Å². The maximum atomic E-state index is 10.9. The fourth-order valence-corrected chi connectivity index (χ4v) is 0.760. The minimum atomic E-state index is -0.535. The van der Waals surface area contributed by atoms with Crippen LogP contribution in [0.2, 0.25) is 0 Å². The highest BCUT2D eigenvalue weighted by Gasteiger charge is 1.93. The first-order chi connectivity index (χ1) is 6.83. The van der Waals surface area contributed by atoms with Crippen molar-refractivity contribution in [1.82, 2.24) is 5.32 Å². The molecule has 0 aliphatic heterocycles. The van der Waals surface area contributed by atoms with Gasteiger partial charge in [-0.1, -0.05) is 29.2 Å². The van der Waals surface area contributed by atoms with Crippen molar-refractivity contribution in [2.75, 3.05) is 6.54 Å². The van der Waals surface area contributed by atoms with Crippen molar-refractivity contribution in [2.45, 2.75) is 0 Å². The van der Waals surface area contributed by atoms with Crippen LogP contribution in [0, 0.1) is 12.3 Å². The summed E-state index contributed by atoms with van der Waals surface area (Å²) in [5.41, 5.74) is 0.628. The Morgan fingerprint density at radius 3 is 2.79 bits per heavy atom. The fourth-order valence-electron chi connectivity index (χ4n) is 0.760. The lowest BCUT2D eigenvalue weighted by Gasteiger charge is -1.92. The van der Waals surface area contributed by atoms with E-state index in [4.69, 9.17) is 6.42 Å². The minimum Gasteiger partial charge on any atom is -0.324 e. The largest absolute Gasteiger partial charge is 0.360 e. The molecule has 0 heterocycles. The van der Waals surface area contributed by atoms with Gasteiger partial charge in [-0.05, 0) is 12.1 Å². The molecule has 14 heavy (non-hydrogen) atoms. The normalized spacial score (nSPS) is 9.64. The quantitative estimate of drug-likeness (QED) is 0.559. The van der Waals surface area contributed by atoms with Crippen molar-refractivity contribution in [1.29, 1.82) is 0 Å². The number of urea groups is 1. The fraction of sp³-hybridized carbons (Fsp3) is 0.100. The molecule has 1 aromatic rings. The van der Waals surface area contributed by atoms with Gasteiger partial charge >= 0.3 is 6.03 Å². The molecule has 0 aliphatic rings. The van der Waals surface area contributed by atoms with Crippen LogP contribution in [-0.2, 0) is 0 Å². The van der Waals surface area contributed by atoms with Crippen molar-refractivity contribution in [3.8, 4) is 12.3 Å². The maximum Gasteiger partial charge on any atom is 0.360 e. The number of nitrogens with zero attached hydrogens (tertiary/aromatic N) is 2. The summed E-state index contributed by atoms with van der Waals surface area (Å²) in [4.78, 5) is 10.9. The topological polar surface area (TPSA) is 53.8 Å². The lowest BCUT2D eigenvalue weighted by atomic mass is 10.3. The van der Waals surface area contributed by atoms with Crippen LogP contribution in [0.1, 0.15) is 0 Å². The van der Waals surface area contributed by atoms with Gasteiger partial charge in [0, 0.05) is 0 Å². The Morgan fingerprint density at radius 1 is 1.43 bits per heavy atom. The van der Waals surface area contributed by atoms with Gasteiger partial charge in [-0.2, -0.15) is 0 Å². The molecular weight excluding hydrogens is 178 g/mol. The van der Waals surface area contributed by atoms with E-state index in [2.05, 4.69) is 21.5 Å². The van der Waals surface area contributed by atoms with Crippen LogP contribution >= 0.6 is 0 Å². The van der Waals surface area contributed by atoms with Crippen LogP contribution in [0.15, 0.2) is 40.6 Å². The van der Waals surface area contributed by atoms with Gasteiger partial charge in [-0.15, -0.1) is 11.5 Å². The molecule has 0 saturated heterocycles. The highest BCUT2D eigenvalue weighted by molar-refractivity contribution is 5.74. The molecule has 0 bridgehead atoms. The Morgan fingerprint density at radius 2 is 2.14 bits per heavy atom. The summed E-state index contributed by atoms with van der Waals surface area (Å²) in [6, 6.07) is 8.45. The third-order valence-corrected chi connectivity index (χ3v) is 1.35. The summed E-state index contributed by atoms with van der Waals surface area (Å²) >= 11 is 0. The number of hydrogen-bond donors (Lipinski definition) is 1. The average molecular weight is 187 g/mol. The van der Waals surface area contributed by atoms with E-state index in [9.17, 15) is 4.79 Å². The Balaban J connectivity index is 2.49. The summed E-state index contributed by atoms with van der Waals surface area (Å²) in [5, 5.41) is 9.48. The van der Waals surface area contributed by atoms with Crippen LogP contribution < -0.4 is 5.32 Å². The highest BCUT2D eigenvalue weighted by atomic mass is 16.2. The first-order valence-electron chi connectivity index (χ1n) is 4.01. The first kappa shape index (κ1) is 9.93. The number of nitrogens with one attached hydrogen (secondary N) is 1. The van der Waals surface area contributed by atoms with Gasteiger partial charge in [0.2, 0.25) is 0 Å². The molecule has 0 radical (unpaired) electrons. The lowest BCUT2D eigenvalue weighted by Crippen LogP contribution is -2.18. The zero-order valence-electron chi connectivity index (χ0n) is 7.47. The van der Waals surface area contributed by atoms with Crippen molar-refractivity contribution in [2.24, 2.45) is 10.2 Å². The van der Waals surface area contributed by atoms with Crippen LogP contribution in [0.25, 0.3) is 0 Å². The zero-order valence-corrected chi connectivity index (χ0v) is 7.47. The molecule has 1 aromatic carbocycles. The third-order valence-electron chi connectivity index (χ3n) is 1.35. The van der Waals surface area contributed by atoms with Gasteiger partial charge in [0.05, 0.1) is 12.2 Å². The van der Waals surface area contributed by atoms with Gasteiger partial charge in [-0.3, -0.25) is 0 Å². The van der Waals surface area contributed by atoms with Gasteiger partial charge in [0.25, 0.3) is 0 Å². The lowest BCUT2D eigenvalue weighted by molar-refractivity contribution is 0.249. The Kier molecular flexibility index (Phi) is 3.89. The van der Waals surface area contributed by atoms with E-state index in [-0.39, 0.29) is 6.54 Å². The van der Waals surface area contributed by atoms with Gasteiger partial charge < -0.3 is 5.32 Å². The summed E-state index contributed by atoms with van der Waals surface area (Å²) in [5.74, 6) is 2.26. The number of carbonyl (C=O) groups is 1. The Bertz CT molecular complexity index is 365. The number of rotatable bonds is 2. The van der Waals surface area contributed by atoms with Gasteiger partial charge in [0.1, 0.15) is 0 Å². The molecule has 0 unspecified atom stereocenters. The Hall–Kier alpha value is -2.15. The highest BCUT2D eigenvalue weighted by Crippen LogP contribution is 2.09. The molecule has 0 aliphatic carbocycles. The number of benzene rings is 1. The standard InChI is InChI=1S/C10H9N3O/c1-2-8-11-10(14)13-12-9-6-4-3-5-7-9/h1,3-7H,8H2,(H,11,14). The van der Waals surface area contributed by atoms with Crippen LogP contribution in [0.4, 0.5) is 10.5 Å². The van der Waals surface area contributed by atoms with E-state index in [1.165, 1.54) is 0 Å².